The first-order chi connectivity index (χ1) is 8.89. The van der Waals surface area contributed by atoms with E-state index < -0.39 is 10.0 Å². The van der Waals surface area contributed by atoms with Crippen molar-refractivity contribution in [3.8, 4) is 0 Å². The first kappa shape index (κ1) is 16.8. The van der Waals surface area contributed by atoms with Gasteiger partial charge in [0.1, 0.15) is 0 Å². The second kappa shape index (κ2) is 6.93. The molecular weight excluding hydrogens is 305 g/mol. The molecule has 1 N–H and O–H groups in total. The highest BCUT2D eigenvalue weighted by atomic mass is 35.5. The van der Waals surface area contributed by atoms with Crippen LogP contribution in [-0.4, -0.2) is 20.8 Å². The van der Waals surface area contributed by atoms with E-state index in [4.69, 9.17) is 23.2 Å². The lowest BCUT2D eigenvalue weighted by Gasteiger charge is -2.29. The normalized spacial score (nSPS) is 12.6. The largest absolute Gasteiger partial charge is 0.240 e. The second-order valence-corrected chi connectivity index (χ2v) is 7.09. The van der Waals surface area contributed by atoms with Gasteiger partial charge in [0.05, 0.1) is 4.90 Å². The highest BCUT2D eigenvalue weighted by molar-refractivity contribution is 7.89. The average Bonchev–Trinajstić information content (AvgIpc) is 2.41. The zero-order valence-electron chi connectivity index (χ0n) is 11.1. The Morgan fingerprint density at radius 3 is 2.11 bits per heavy atom. The standard InChI is InChI=1S/C13H19Cl2NO2S/c1-3-13(4-2,9-14)10-16-19(17,18)12-7-5-11(15)6-8-12/h5-8,16H,3-4,9-10H2,1-2H3. The molecule has 108 valence electrons. The van der Waals surface area contributed by atoms with Crippen LogP contribution in [0.3, 0.4) is 0 Å². The Morgan fingerprint density at radius 1 is 1.16 bits per heavy atom. The van der Waals surface area contributed by atoms with E-state index in [0.29, 0.717) is 17.4 Å². The molecule has 1 rings (SSSR count). The third-order valence-corrected chi connectivity index (χ3v) is 5.78. The van der Waals surface area contributed by atoms with Crippen molar-refractivity contribution in [2.24, 2.45) is 5.41 Å². The molecule has 0 radical (unpaired) electrons. The van der Waals surface area contributed by atoms with Crippen LogP contribution in [0.5, 0.6) is 0 Å². The van der Waals surface area contributed by atoms with Crippen molar-refractivity contribution in [3.05, 3.63) is 29.3 Å². The predicted molar refractivity (Wildman–Crippen MR) is 80.4 cm³/mol. The van der Waals surface area contributed by atoms with Gasteiger partial charge < -0.3 is 0 Å². The minimum atomic E-state index is -3.51. The van der Waals surface area contributed by atoms with Crippen LogP contribution in [0, 0.1) is 5.41 Å². The van der Waals surface area contributed by atoms with Gasteiger partial charge in [-0.05, 0) is 42.5 Å². The first-order valence-corrected chi connectivity index (χ1v) is 8.60. The quantitative estimate of drug-likeness (QED) is 0.778. The number of hydrogen-bond donors (Lipinski definition) is 1. The van der Waals surface area contributed by atoms with Crippen LogP contribution in [0.1, 0.15) is 26.7 Å². The molecule has 0 atom stereocenters. The predicted octanol–water partition coefficient (Wildman–Crippen LogP) is 3.66. The Hall–Kier alpha value is -0.290. The maximum Gasteiger partial charge on any atom is 0.240 e. The van der Waals surface area contributed by atoms with Gasteiger partial charge >= 0.3 is 0 Å². The van der Waals surface area contributed by atoms with E-state index in [1.165, 1.54) is 12.1 Å². The third-order valence-electron chi connectivity index (χ3n) is 3.54. The number of rotatable bonds is 7. The van der Waals surface area contributed by atoms with E-state index in [0.717, 1.165) is 12.8 Å². The fourth-order valence-corrected chi connectivity index (χ4v) is 3.44. The monoisotopic (exact) mass is 323 g/mol. The Morgan fingerprint density at radius 2 is 1.68 bits per heavy atom. The van der Waals surface area contributed by atoms with Gasteiger partial charge in [-0.25, -0.2) is 13.1 Å². The fraction of sp³-hybridized carbons (Fsp3) is 0.538. The zero-order chi connectivity index (χ0) is 14.5. The Kier molecular flexibility index (Phi) is 6.12. The molecule has 0 saturated carbocycles. The van der Waals surface area contributed by atoms with Crippen molar-refractivity contribution in [1.82, 2.24) is 4.72 Å². The number of benzene rings is 1. The molecule has 0 spiro atoms. The molecule has 0 aliphatic carbocycles. The zero-order valence-corrected chi connectivity index (χ0v) is 13.4. The smallest absolute Gasteiger partial charge is 0.211 e. The van der Waals surface area contributed by atoms with Crippen LogP contribution in [0.2, 0.25) is 5.02 Å². The molecule has 1 aromatic carbocycles. The van der Waals surface area contributed by atoms with Crippen LogP contribution in [0.15, 0.2) is 29.2 Å². The van der Waals surface area contributed by atoms with E-state index in [1.54, 1.807) is 12.1 Å². The molecular formula is C13H19Cl2NO2S. The fourth-order valence-electron chi connectivity index (χ4n) is 1.68. The topological polar surface area (TPSA) is 46.2 Å². The summed E-state index contributed by atoms with van der Waals surface area (Å²) >= 11 is 11.7. The summed E-state index contributed by atoms with van der Waals surface area (Å²) in [6.07, 6.45) is 1.66. The maximum absolute atomic E-state index is 12.1. The van der Waals surface area contributed by atoms with E-state index in [9.17, 15) is 8.42 Å². The maximum atomic E-state index is 12.1. The summed E-state index contributed by atoms with van der Waals surface area (Å²) in [6.45, 7) is 4.37. The lowest BCUT2D eigenvalue weighted by atomic mass is 9.85. The van der Waals surface area contributed by atoms with Gasteiger partial charge in [0.25, 0.3) is 0 Å². The van der Waals surface area contributed by atoms with Crippen LogP contribution < -0.4 is 4.72 Å². The summed E-state index contributed by atoms with van der Waals surface area (Å²) in [4.78, 5) is 0.215. The summed E-state index contributed by atoms with van der Waals surface area (Å²) in [5, 5.41) is 0.510. The van der Waals surface area contributed by atoms with E-state index >= 15 is 0 Å². The number of nitrogens with one attached hydrogen (secondary N) is 1. The number of alkyl halides is 1. The van der Waals surface area contributed by atoms with Gasteiger partial charge in [0.15, 0.2) is 0 Å². The highest BCUT2D eigenvalue weighted by Gasteiger charge is 2.27. The van der Waals surface area contributed by atoms with Crippen molar-refractivity contribution in [2.75, 3.05) is 12.4 Å². The molecule has 0 bridgehead atoms. The van der Waals surface area contributed by atoms with Gasteiger partial charge in [0.2, 0.25) is 10.0 Å². The van der Waals surface area contributed by atoms with Gasteiger partial charge in [-0.2, -0.15) is 0 Å². The summed E-state index contributed by atoms with van der Waals surface area (Å²) in [7, 11) is -3.51. The Labute approximate surface area is 125 Å². The van der Waals surface area contributed by atoms with Crippen molar-refractivity contribution in [3.63, 3.8) is 0 Å². The lowest BCUT2D eigenvalue weighted by molar-refractivity contribution is 0.304. The number of sulfonamides is 1. The molecule has 0 aliphatic rings. The molecule has 6 heteroatoms. The van der Waals surface area contributed by atoms with Crippen LogP contribution >= 0.6 is 23.2 Å². The Bertz CT molecular complexity index is 488. The molecule has 3 nitrogen and oxygen atoms in total. The summed E-state index contributed by atoms with van der Waals surface area (Å²) < 4.78 is 26.9. The minimum Gasteiger partial charge on any atom is -0.211 e. The van der Waals surface area contributed by atoms with Crippen LogP contribution in [0.25, 0.3) is 0 Å². The SMILES string of the molecule is CCC(CC)(CCl)CNS(=O)(=O)c1ccc(Cl)cc1. The van der Waals surface area contributed by atoms with E-state index in [-0.39, 0.29) is 10.3 Å². The molecule has 19 heavy (non-hydrogen) atoms. The number of halogens is 2. The van der Waals surface area contributed by atoms with Crippen LogP contribution in [-0.2, 0) is 10.0 Å². The van der Waals surface area contributed by atoms with Gasteiger partial charge in [-0.3, -0.25) is 0 Å². The third kappa shape index (κ3) is 4.35. The van der Waals surface area contributed by atoms with Crippen molar-refractivity contribution >= 4 is 33.2 Å². The van der Waals surface area contributed by atoms with Crippen molar-refractivity contribution < 1.29 is 8.42 Å². The molecule has 0 amide bonds. The van der Waals surface area contributed by atoms with E-state index in [2.05, 4.69) is 4.72 Å². The summed E-state index contributed by atoms with van der Waals surface area (Å²) in [6, 6.07) is 6.10. The van der Waals surface area contributed by atoms with E-state index in [1.807, 2.05) is 13.8 Å². The lowest BCUT2D eigenvalue weighted by Crippen LogP contribution is -2.38. The molecule has 0 unspecified atom stereocenters. The summed E-state index contributed by atoms with van der Waals surface area (Å²) in [5.74, 6) is 0.434. The number of hydrogen-bond acceptors (Lipinski definition) is 2. The highest BCUT2D eigenvalue weighted by Crippen LogP contribution is 2.27. The van der Waals surface area contributed by atoms with Gasteiger partial charge in [-0.15, -0.1) is 11.6 Å². The molecule has 0 aliphatic heterocycles. The first-order valence-electron chi connectivity index (χ1n) is 6.20. The molecule has 0 aromatic heterocycles. The molecule has 0 saturated heterocycles. The van der Waals surface area contributed by atoms with Crippen LogP contribution in [0.4, 0.5) is 0 Å². The summed E-state index contributed by atoms with van der Waals surface area (Å²) in [5.41, 5.74) is -0.193. The molecule has 0 fully saturated rings. The van der Waals surface area contributed by atoms with Crippen molar-refractivity contribution in [2.45, 2.75) is 31.6 Å². The average molecular weight is 324 g/mol. The van der Waals surface area contributed by atoms with Gasteiger partial charge in [-0.1, -0.05) is 25.4 Å². The van der Waals surface area contributed by atoms with Crippen molar-refractivity contribution in [1.29, 1.82) is 0 Å². The van der Waals surface area contributed by atoms with Gasteiger partial charge in [0, 0.05) is 17.4 Å². The second-order valence-electron chi connectivity index (χ2n) is 4.62. The molecule has 1 aromatic rings. The Balaban J connectivity index is 2.83. The minimum absolute atomic E-state index is 0.193. The molecule has 0 heterocycles.